The number of hydrogen-bond donors (Lipinski definition) is 3. The van der Waals surface area contributed by atoms with Crippen molar-refractivity contribution in [2.75, 3.05) is 19.8 Å². The topological polar surface area (TPSA) is 172 Å². The lowest BCUT2D eigenvalue weighted by molar-refractivity contribution is -0.161. The highest BCUT2D eigenvalue weighted by Crippen LogP contribution is 2.43. The molecule has 0 aliphatic carbocycles. The molecule has 0 aromatic rings. The van der Waals surface area contributed by atoms with Crippen molar-refractivity contribution < 1.29 is 47.5 Å². The predicted octanol–water partition coefficient (Wildman–Crippen LogP) is 8.56. The maximum absolute atomic E-state index is 12.5. The summed E-state index contributed by atoms with van der Waals surface area (Å²) in [6.45, 7) is 4.26. The molecular weight excluding hydrogens is 625 g/mol. The van der Waals surface area contributed by atoms with Gasteiger partial charge in [0, 0.05) is 12.8 Å². The maximum atomic E-state index is 12.5. The van der Waals surface area contributed by atoms with E-state index in [1.165, 1.54) is 83.5 Å². The van der Waals surface area contributed by atoms with Crippen LogP contribution >= 0.6 is 7.82 Å². The Morgan fingerprint density at radius 1 is 0.681 bits per heavy atom. The zero-order valence-electron chi connectivity index (χ0n) is 29.2. The second kappa shape index (κ2) is 31.5. The second-order valence-electron chi connectivity index (χ2n) is 12.4. The van der Waals surface area contributed by atoms with Gasteiger partial charge in [-0.05, 0) is 25.7 Å². The van der Waals surface area contributed by atoms with Gasteiger partial charge in [-0.2, -0.15) is 0 Å². The maximum Gasteiger partial charge on any atom is 0.472 e. The normalized spacial score (nSPS) is 13.9. The van der Waals surface area contributed by atoms with Gasteiger partial charge in [-0.1, -0.05) is 129 Å². The van der Waals surface area contributed by atoms with E-state index in [4.69, 9.17) is 24.8 Å². The fourth-order valence-electron chi connectivity index (χ4n) is 4.99. The number of esters is 2. The summed E-state index contributed by atoms with van der Waals surface area (Å²) in [7, 11) is -4.70. The van der Waals surface area contributed by atoms with Crippen molar-refractivity contribution >= 4 is 25.7 Å². The Morgan fingerprint density at radius 2 is 1.11 bits per heavy atom. The van der Waals surface area contributed by atoms with Gasteiger partial charge in [-0.25, -0.2) is 4.57 Å². The molecule has 0 aliphatic heterocycles. The van der Waals surface area contributed by atoms with Gasteiger partial charge in [0.05, 0.1) is 13.2 Å². The Kier molecular flexibility index (Phi) is 30.3. The molecule has 4 N–H and O–H groups in total. The molecule has 0 aliphatic rings. The second-order valence-corrected chi connectivity index (χ2v) is 13.9. The van der Waals surface area contributed by atoms with Crippen LogP contribution in [0.4, 0.5) is 0 Å². The first kappa shape index (κ1) is 45.2. The number of rotatable bonds is 35. The third-order valence-corrected chi connectivity index (χ3v) is 8.86. The third kappa shape index (κ3) is 31.3. The van der Waals surface area contributed by atoms with Crippen LogP contribution in [0.1, 0.15) is 161 Å². The molecule has 11 nitrogen and oxygen atoms in total. The molecule has 276 valence electrons. The molecule has 0 saturated carbocycles. The van der Waals surface area contributed by atoms with Crippen LogP contribution in [-0.4, -0.2) is 59.9 Å². The van der Waals surface area contributed by atoms with E-state index in [0.29, 0.717) is 12.8 Å². The number of hydrogen-bond acceptors (Lipinski definition) is 9. The number of carbonyl (C=O) groups excluding carboxylic acids is 2. The monoisotopic (exact) mass is 691 g/mol. The highest BCUT2D eigenvalue weighted by molar-refractivity contribution is 7.47. The number of carboxylic acids is 1. The Balaban J connectivity index is 4.39. The molecule has 0 bridgehead atoms. The van der Waals surface area contributed by atoms with Gasteiger partial charge in [0.1, 0.15) is 12.6 Å². The average Bonchev–Trinajstić information content (AvgIpc) is 3.04. The zero-order valence-corrected chi connectivity index (χ0v) is 30.1. The Hall–Kier alpha value is -1.78. The van der Waals surface area contributed by atoms with Crippen molar-refractivity contribution in [1.82, 2.24) is 0 Å². The molecular formula is C35H66NO10P. The summed E-state index contributed by atoms with van der Waals surface area (Å²) in [4.78, 5) is 45.5. The molecule has 0 amide bonds. The van der Waals surface area contributed by atoms with E-state index in [-0.39, 0.29) is 19.4 Å². The summed E-state index contributed by atoms with van der Waals surface area (Å²) in [5.74, 6) is -2.38. The van der Waals surface area contributed by atoms with E-state index in [2.05, 4.69) is 18.0 Å². The van der Waals surface area contributed by atoms with Crippen LogP contribution in [0.25, 0.3) is 0 Å². The smallest absolute Gasteiger partial charge is 0.472 e. The number of unbranched alkanes of at least 4 members (excludes halogenated alkanes) is 20. The van der Waals surface area contributed by atoms with Gasteiger partial charge in [0.2, 0.25) is 0 Å². The first-order chi connectivity index (χ1) is 22.6. The molecule has 0 aromatic heterocycles. The molecule has 0 heterocycles. The first-order valence-corrected chi connectivity index (χ1v) is 19.7. The van der Waals surface area contributed by atoms with Crippen LogP contribution in [0, 0.1) is 0 Å². The summed E-state index contributed by atoms with van der Waals surface area (Å²) in [6.07, 6.45) is 26.2. The van der Waals surface area contributed by atoms with Crippen molar-refractivity contribution in [2.45, 2.75) is 173 Å². The lowest BCUT2D eigenvalue weighted by Gasteiger charge is -2.20. The molecule has 0 rings (SSSR count). The zero-order chi connectivity index (χ0) is 35.0. The fraction of sp³-hybridized carbons (Fsp3) is 0.857. The standard InChI is InChI=1S/C35H66NO10P/c1-3-5-7-9-11-13-14-15-16-17-18-19-21-23-25-27-34(38)46-31(29-44-47(41,42)45-30-32(36)35(39)40)28-43-33(37)26-24-22-20-12-10-8-6-4-2/h3,31-32H,1,4-30,36H2,2H3,(H,39,40)(H,41,42)/t31-,32-/m0/s1. The minimum Gasteiger partial charge on any atom is -0.480 e. The van der Waals surface area contributed by atoms with Crippen LogP contribution in [0.15, 0.2) is 12.7 Å². The van der Waals surface area contributed by atoms with Crippen molar-refractivity contribution in [2.24, 2.45) is 5.73 Å². The number of carbonyl (C=O) groups is 3. The van der Waals surface area contributed by atoms with Crippen molar-refractivity contribution in [3.63, 3.8) is 0 Å². The number of aliphatic carboxylic acids is 1. The van der Waals surface area contributed by atoms with E-state index in [1.54, 1.807) is 0 Å². The first-order valence-electron chi connectivity index (χ1n) is 18.2. The van der Waals surface area contributed by atoms with Crippen LogP contribution in [0.5, 0.6) is 0 Å². The van der Waals surface area contributed by atoms with E-state index < -0.39 is 51.1 Å². The van der Waals surface area contributed by atoms with E-state index >= 15 is 0 Å². The molecule has 0 radical (unpaired) electrons. The van der Waals surface area contributed by atoms with Crippen LogP contribution in [0.2, 0.25) is 0 Å². The Labute approximate surface area is 284 Å². The Morgan fingerprint density at radius 3 is 1.57 bits per heavy atom. The van der Waals surface area contributed by atoms with Gasteiger partial charge in [-0.15, -0.1) is 6.58 Å². The third-order valence-electron chi connectivity index (χ3n) is 7.91. The molecule has 0 fully saturated rings. The van der Waals surface area contributed by atoms with Gasteiger partial charge in [0.15, 0.2) is 6.10 Å². The van der Waals surface area contributed by atoms with Crippen LogP contribution < -0.4 is 5.73 Å². The highest BCUT2D eigenvalue weighted by atomic mass is 31.2. The van der Waals surface area contributed by atoms with Gasteiger partial charge >= 0.3 is 25.7 Å². The Bertz CT molecular complexity index is 856. The van der Waals surface area contributed by atoms with Crippen molar-refractivity contribution in [3.8, 4) is 0 Å². The number of nitrogens with two attached hydrogens (primary N) is 1. The van der Waals surface area contributed by atoms with Crippen molar-refractivity contribution in [1.29, 1.82) is 0 Å². The summed E-state index contributed by atoms with van der Waals surface area (Å²) >= 11 is 0. The SMILES string of the molecule is C=CCCCCCCCCCCCCCCCC(=O)O[C@@H](COC(=O)CCCCCCCCCC)COP(=O)(O)OC[C@H](N)C(=O)O. The highest BCUT2D eigenvalue weighted by Gasteiger charge is 2.28. The van der Waals surface area contributed by atoms with E-state index in [1.807, 2.05) is 6.08 Å². The molecule has 1 unspecified atom stereocenters. The quantitative estimate of drug-likeness (QED) is 0.0252. The molecule has 3 atom stereocenters. The predicted molar refractivity (Wildman–Crippen MR) is 185 cm³/mol. The largest absolute Gasteiger partial charge is 0.480 e. The average molecular weight is 692 g/mol. The van der Waals surface area contributed by atoms with Gasteiger partial charge < -0.3 is 25.2 Å². The molecule has 0 saturated heterocycles. The lowest BCUT2D eigenvalue weighted by Crippen LogP contribution is -2.34. The lowest BCUT2D eigenvalue weighted by atomic mass is 10.0. The summed E-state index contributed by atoms with van der Waals surface area (Å²) < 4.78 is 32.4. The number of phosphoric ester groups is 1. The number of carboxylic acid groups (broad SMARTS) is 1. The number of phosphoric acid groups is 1. The van der Waals surface area contributed by atoms with Crippen LogP contribution in [0.3, 0.4) is 0 Å². The van der Waals surface area contributed by atoms with E-state index in [9.17, 15) is 23.8 Å². The van der Waals surface area contributed by atoms with Gasteiger partial charge in [-0.3, -0.25) is 23.4 Å². The summed E-state index contributed by atoms with van der Waals surface area (Å²) in [5, 5.41) is 8.83. The van der Waals surface area contributed by atoms with Crippen LogP contribution in [-0.2, 0) is 37.5 Å². The van der Waals surface area contributed by atoms with E-state index in [0.717, 1.165) is 44.9 Å². The summed E-state index contributed by atoms with van der Waals surface area (Å²) in [5.41, 5.74) is 5.30. The molecule has 0 aromatic carbocycles. The van der Waals surface area contributed by atoms with Gasteiger partial charge in [0.25, 0.3) is 0 Å². The minimum absolute atomic E-state index is 0.163. The molecule has 12 heteroatoms. The summed E-state index contributed by atoms with van der Waals surface area (Å²) in [6, 6.07) is -1.52. The molecule has 47 heavy (non-hydrogen) atoms. The number of ether oxygens (including phenoxy) is 2. The number of allylic oxidation sites excluding steroid dienone is 1. The van der Waals surface area contributed by atoms with Crippen molar-refractivity contribution in [3.05, 3.63) is 12.7 Å². The fourth-order valence-corrected chi connectivity index (χ4v) is 5.76. The molecule has 0 spiro atoms. The minimum atomic E-state index is -4.70.